The second-order valence-electron chi connectivity index (χ2n) is 1.89. The van der Waals surface area contributed by atoms with Gasteiger partial charge in [-0.3, -0.25) is 9.59 Å². The number of hydrogen-bond acceptors (Lipinski definition) is 2. The van der Waals surface area contributed by atoms with Crippen LogP contribution in [0, 0.1) is 0 Å². The Kier molecular flexibility index (Phi) is 3.42. The van der Waals surface area contributed by atoms with Gasteiger partial charge in [0.25, 0.3) is 5.91 Å². The second kappa shape index (κ2) is 3.84. The van der Waals surface area contributed by atoms with Gasteiger partial charge < -0.3 is 15.7 Å². The van der Waals surface area contributed by atoms with E-state index in [1.54, 1.807) is 0 Å². The molecule has 0 aromatic carbocycles. The summed E-state index contributed by atoms with van der Waals surface area (Å²) in [6.07, 6.45) is 0. The maximum Gasteiger partial charge on any atom is 0.323 e. The van der Waals surface area contributed by atoms with Crippen LogP contribution in [0.5, 0.6) is 0 Å². The number of quaternary nitrogens is 1. The highest BCUT2D eigenvalue weighted by Gasteiger charge is 2.10. The molecule has 58 valence electrons. The van der Waals surface area contributed by atoms with Crippen LogP contribution >= 0.6 is 0 Å². The van der Waals surface area contributed by atoms with E-state index < -0.39 is 5.97 Å². The van der Waals surface area contributed by atoms with Gasteiger partial charge in [-0.05, 0) is 0 Å². The van der Waals surface area contributed by atoms with Crippen molar-refractivity contribution in [3.8, 4) is 0 Å². The van der Waals surface area contributed by atoms with E-state index in [1.807, 2.05) is 0 Å². The molecule has 0 saturated heterocycles. The van der Waals surface area contributed by atoms with Gasteiger partial charge in [0.1, 0.15) is 6.54 Å². The van der Waals surface area contributed by atoms with Crippen molar-refractivity contribution < 1.29 is 20.4 Å². The zero-order chi connectivity index (χ0) is 8.15. The highest BCUT2D eigenvalue weighted by atomic mass is 16.4. The van der Waals surface area contributed by atoms with E-state index in [0.29, 0.717) is 0 Å². The lowest BCUT2D eigenvalue weighted by Crippen LogP contribution is -2.57. The first-order chi connectivity index (χ1) is 4.57. The molecule has 0 aromatic rings. The van der Waals surface area contributed by atoms with E-state index in [2.05, 4.69) is 5.73 Å². The zero-order valence-electron chi connectivity index (χ0n) is 5.83. The molecular weight excluding hydrogens is 136 g/mol. The molecule has 10 heavy (non-hydrogen) atoms. The van der Waals surface area contributed by atoms with Crippen molar-refractivity contribution in [3.63, 3.8) is 0 Å². The quantitative estimate of drug-likeness (QED) is 0.473. The summed E-state index contributed by atoms with van der Waals surface area (Å²) in [4.78, 5) is 21.8. The number of carbonyl (C=O) groups excluding carboxylic acids is 1. The molecule has 0 aliphatic heterocycles. The molecule has 0 aromatic heterocycles. The van der Waals surface area contributed by atoms with Gasteiger partial charge in [0.05, 0.1) is 0 Å². The van der Waals surface area contributed by atoms with Crippen LogP contribution < -0.4 is 5.73 Å². The lowest BCUT2D eigenvalue weighted by Gasteiger charge is -2.10. The van der Waals surface area contributed by atoms with Crippen LogP contribution in [0.2, 0.25) is 0 Å². The van der Waals surface area contributed by atoms with Crippen molar-refractivity contribution in [2.75, 3.05) is 20.1 Å². The number of hydrogen-bond donors (Lipinski definition) is 2. The van der Waals surface area contributed by atoms with Crippen LogP contribution in [-0.2, 0) is 9.59 Å². The molecule has 0 fully saturated rings. The number of nitrogens with zero attached hydrogens (tertiary/aromatic N) is 1. The minimum Gasteiger partial charge on any atom is -0.480 e. The molecule has 0 bridgehead atoms. The highest BCUT2D eigenvalue weighted by molar-refractivity contribution is 5.81. The van der Waals surface area contributed by atoms with Crippen LogP contribution in [0.3, 0.4) is 0 Å². The standard InChI is InChI=1S/C5H10N2O3/c1-7(3-5(9)10)4(8)2-6/h2-3,6H2,1H3,(H,9,10)/p+1. The predicted octanol–water partition coefficient (Wildman–Crippen LogP) is -2.23. The van der Waals surface area contributed by atoms with E-state index in [0.717, 1.165) is 4.90 Å². The summed E-state index contributed by atoms with van der Waals surface area (Å²) in [6, 6.07) is 0. The zero-order valence-corrected chi connectivity index (χ0v) is 5.83. The molecule has 0 radical (unpaired) electrons. The first kappa shape index (κ1) is 8.90. The van der Waals surface area contributed by atoms with Gasteiger partial charge in [0.2, 0.25) is 0 Å². The third-order valence-corrected chi connectivity index (χ3v) is 1.01. The Morgan fingerprint density at radius 2 is 2.10 bits per heavy atom. The lowest BCUT2D eigenvalue weighted by atomic mass is 10.5. The maximum absolute atomic E-state index is 10.6. The molecule has 0 aliphatic rings. The topological polar surface area (TPSA) is 85.2 Å². The third kappa shape index (κ3) is 3.03. The van der Waals surface area contributed by atoms with Gasteiger partial charge in [0.15, 0.2) is 6.54 Å². The van der Waals surface area contributed by atoms with Gasteiger partial charge in [-0.15, -0.1) is 0 Å². The largest absolute Gasteiger partial charge is 0.480 e. The number of rotatable bonds is 3. The molecular formula is C5H11N2O3+. The van der Waals surface area contributed by atoms with Crippen molar-refractivity contribution in [1.82, 2.24) is 4.90 Å². The van der Waals surface area contributed by atoms with Gasteiger partial charge in [-0.2, -0.15) is 0 Å². The normalized spacial score (nSPS) is 9.00. The molecule has 0 rings (SSSR count). The number of aliphatic carboxylic acids is 1. The van der Waals surface area contributed by atoms with Crippen molar-refractivity contribution >= 4 is 11.9 Å². The summed E-state index contributed by atoms with van der Waals surface area (Å²) in [6.45, 7) is -0.155. The average Bonchev–Trinajstić information content (AvgIpc) is 1.85. The fraction of sp³-hybridized carbons (Fsp3) is 0.600. The van der Waals surface area contributed by atoms with Crippen molar-refractivity contribution in [2.24, 2.45) is 0 Å². The third-order valence-electron chi connectivity index (χ3n) is 1.01. The van der Waals surface area contributed by atoms with E-state index in [-0.39, 0.29) is 19.0 Å². The van der Waals surface area contributed by atoms with Crippen LogP contribution in [-0.4, -0.2) is 42.0 Å². The number of carboxylic acid groups (broad SMARTS) is 1. The fourth-order valence-corrected chi connectivity index (χ4v) is 0.482. The second-order valence-corrected chi connectivity index (χ2v) is 1.89. The number of carbonyl (C=O) groups is 2. The van der Waals surface area contributed by atoms with Gasteiger partial charge in [-0.1, -0.05) is 0 Å². The molecule has 0 unspecified atom stereocenters. The first-order valence-corrected chi connectivity index (χ1v) is 2.83. The van der Waals surface area contributed by atoms with Gasteiger partial charge in [-0.25, -0.2) is 0 Å². The Morgan fingerprint density at radius 3 is 2.40 bits per heavy atom. The van der Waals surface area contributed by atoms with Crippen LogP contribution in [0.4, 0.5) is 0 Å². The summed E-state index contributed by atoms with van der Waals surface area (Å²) in [5.74, 6) is -1.27. The summed E-state index contributed by atoms with van der Waals surface area (Å²) >= 11 is 0. The van der Waals surface area contributed by atoms with Crippen LogP contribution in [0.25, 0.3) is 0 Å². The minimum absolute atomic E-state index is 0.101. The van der Waals surface area contributed by atoms with Crippen molar-refractivity contribution in [3.05, 3.63) is 0 Å². The fourth-order valence-electron chi connectivity index (χ4n) is 0.482. The molecule has 0 aliphatic carbocycles. The average molecular weight is 147 g/mol. The Bertz CT molecular complexity index is 146. The Morgan fingerprint density at radius 1 is 1.60 bits per heavy atom. The lowest BCUT2D eigenvalue weighted by molar-refractivity contribution is -0.356. The number of likely N-dealkylation sites (N-methyl/N-ethyl adjacent to an activating group) is 1. The predicted molar refractivity (Wildman–Crippen MR) is 33.0 cm³/mol. The SMILES string of the molecule is CN(CC(=O)O)C(=O)C[NH3+]. The van der Waals surface area contributed by atoms with Crippen molar-refractivity contribution in [2.45, 2.75) is 0 Å². The van der Waals surface area contributed by atoms with E-state index in [4.69, 9.17) is 5.11 Å². The van der Waals surface area contributed by atoms with Gasteiger partial charge in [0, 0.05) is 7.05 Å². The summed E-state index contributed by atoms with van der Waals surface area (Å²) in [5, 5.41) is 8.21. The molecule has 5 nitrogen and oxygen atoms in total. The van der Waals surface area contributed by atoms with Crippen LogP contribution in [0.15, 0.2) is 0 Å². The van der Waals surface area contributed by atoms with E-state index in [9.17, 15) is 9.59 Å². The first-order valence-electron chi connectivity index (χ1n) is 2.83. The number of carboxylic acids is 1. The Hall–Kier alpha value is -1.10. The van der Waals surface area contributed by atoms with E-state index in [1.165, 1.54) is 7.05 Å². The monoisotopic (exact) mass is 147 g/mol. The minimum atomic E-state index is -1.01. The molecule has 0 saturated carbocycles. The highest BCUT2D eigenvalue weighted by Crippen LogP contribution is 1.80. The van der Waals surface area contributed by atoms with Crippen LogP contribution in [0.1, 0.15) is 0 Å². The molecule has 0 spiro atoms. The summed E-state index contributed by atoms with van der Waals surface area (Å²) < 4.78 is 0. The molecule has 0 atom stereocenters. The summed E-state index contributed by atoms with van der Waals surface area (Å²) in [7, 11) is 1.43. The molecule has 5 heteroatoms. The van der Waals surface area contributed by atoms with Gasteiger partial charge >= 0.3 is 5.97 Å². The molecule has 1 amide bonds. The molecule has 4 N–H and O–H groups in total. The number of amides is 1. The Labute approximate surface area is 58.4 Å². The Balaban J connectivity index is 3.72. The smallest absolute Gasteiger partial charge is 0.323 e. The van der Waals surface area contributed by atoms with E-state index >= 15 is 0 Å². The molecule has 0 heterocycles. The maximum atomic E-state index is 10.6. The van der Waals surface area contributed by atoms with Crippen molar-refractivity contribution in [1.29, 1.82) is 0 Å². The summed E-state index contributed by atoms with van der Waals surface area (Å²) in [5.41, 5.74) is 3.33.